The van der Waals surface area contributed by atoms with Crippen molar-refractivity contribution in [1.29, 1.82) is 0 Å². The van der Waals surface area contributed by atoms with Crippen LogP contribution in [0.1, 0.15) is 12.8 Å². The number of rotatable bonds is 3. The van der Waals surface area contributed by atoms with E-state index in [2.05, 4.69) is 63.0 Å². The topological polar surface area (TPSA) is 0 Å². The van der Waals surface area contributed by atoms with Crippen LogP contribution in [0.5, 0.6) is 0 Å². The first-order valence-electron chi connectivity index (χ1n) is 6.04. The summed E-state index contributed by atoms with van der Waals surface area (Å²) in [5.74, 6) is 0. The van der Waals surface area contributed by atoms with Crippen molar-refractivity contribution >= 4 is 36.9 Å². The summed E-state index contributed by atoms with van der Waals surface area (Å²) in [7, 11) is 0. The van der Waals surface area contributed by atoms with Gasteiger partial charge in [-0.3, -0.25) is 0 Å². The zero-order valence-electron chi connectivity index (χ0n) is 11.4. The Balaban J connectivity index is 0.00000144. The predicted octanol–water partition coefficient (Wildman–Crippen LogP) is 4.05. The molecule has 0 N–H and O–H groups in total. The molecule has 0 heterocycles. The standard InChI is InChI=1S/2C5H5.C3H9Si.2ClH.H2Si.Zr/c2*1-2-4-5-3-1;1-4(2)3;;;;/h2*1-3H,4H2;1-3H3;2*1H;1H2;. The van der Waals surface area contributed by atoms with Crippen LogP contribution in [0.25, 0.3) is 0 Å². The third kappa shape index (κ3) is 3.30. The van der Waals surface area contributed by atoms with Gasteiger partial charge in [0, 0.05) is 0 Å². The summed E-state index contributed by atoms with van der Waals surface area (Å²) in [5.41, 5.74) is 0. The van der Waals surface area contributed by atoms with E-state index in [0.717, 1.165) is 0 Å². The fourth-order valence-corrected chi connectivity index (χ4v) is 29.3. The van der Waals surface area contributed by atoms with E-state index in [4.69, 9.17) is 0 Å². The normalized spacial score (nSPS) is 17.9. The van der Waals surface area contributed by atoms with Crippen LogP contribution in [0, 0.1) is 0 Å². The number of halogens is 2. The van der Waals surface area contributed by atoms with E-state index in [1.807, 2.05) is 6.56 Å². The number of allylic oxidation sites excluding steroid dienone is 8. The molecule has 2 aliphatic carbocycles. The molecule has 0 aromatic carbocycles. The monoisotopic (exact) mass is 395 g/mol. The Bertz CT molecular complexity index is 434. The second-order valence-electron chi connectivity index (χ2n) is 5.80. The number of hydrogen-bond donors (Lipinski definition) is 0. The first-order chi connectivity index (χ1) is 7.46. The molecular weight excluding hydrogens is 374 g/mol. The summed E-state index contributed by atoms with van der Waals surface area (Å²) >= 11 is -2.18. The molecule has 0 aromatic heterocycles. The Morgan fingerprint density at radius 2 is 1.33 bits per heavy atom. The summed E-state index contributed by atoms with van der Waals surface area (Å²) in [6.07, 6.45) is 16.6. The van der Waals surface area contributed by atoms with Crippen LogP contribution in [-0.4, -0.2) is 12.1 Å². The SMILES string of the molecule is C[Si](C)(C)[Zr](=[SiH2])([C]1=CC=CC1)[C]1=CC=CC1.Cl.Cl. The Kier molecular flexibility index (Phi) is 7.37. The molecule has 0 spiro atoms. The molecule has 2 aliphatic rings. The maximum Gasteiger partial charge on any atom is -0.147 e. The first-order valence-corrected chi connectivity index (χ1v) is 21.6. The van der Waals surface area contributed by atoms with Gasteiger partial charge in [0.15, 0.2) is 0 Å². The molecule has 0 aliphatic heterocycles. The van der Waals surface area contributed by atoms with Crippen molar-refractivity contribution in [3.05, 3.63) is 43.0 Å². The van der Waals surface area contributed by atoms with Crippen molar-refractivity contribution < 1.29 is 18.0 Å². The fraction of sp³-hybridized carbons (Fsp3) is 0.385. The largest absolute Gasteiger partial charge is 0.147 e. The molecule has 0 unspecified atom stereocenters. The van der Waals surface area contributed by atoms with Gasteiger partial charge in [-0.1, -0.05) is 0 Å². The second-order valence-corrected chi connectivity index (χ2v) is 44.5. The minimum atomic E-state index is -2.18. The minimum Gasteiger partial charge on any atom is -0.147 e. The maximum atomic E-state index is 2.59. The van der Waals surface area contributed by atoms with Crippen molar-refractivity contribution in [2.75, 3.05) is 0 Å². The molecule has 0 fully saturated rings. The zero-order chi connectivity index (χ0) is 11.8. The van der Waals surface area contributed by atoms with Crippen molar-refractivity contribution in [2.45, 2.75) is 32.5 Å². The molecule has 0 nitrogen and oxygen atoms in total. The second kappa shape index (κ2) is 7.03. The Morgan fingerprint density at radius 3 is 1.56 bits per heavy atom. The molecule has 0 aromatic rings. The summed E-state index contributed by atoms with van der Waals surface area (Å²) in [6.45, 7) is 10.2. The van der Waals surface area contributed by atoms with Crippen LogP contribution in [-0.2, 0) is 18.0 Å². The van der Waals surface area contributed by atoms with Gasteiger partial charge in [-0.15, -0.1) is 24.8 Å². The Morgan fingerprint density at radius 1 is 0.944 bits per heavy atom. The summed E-state index contributed by atoms with van der Waals surface area (Å²) in [6, 6.07) is 0. The quantitative estimate of drug-likeness (QED) is 0.630. The van der Waals surface area contributed by atoms with Crippen LogP contribution < -0.4 is 0 Å². The van der Waals surface area contributed by atoms with Gasteiger partial charge in [0.25, 0.3) is 0 Å². The summed E-state index contributed by atoms with van der Waals surface area (Å²) < 4.78 is 3.70. The molecule has 0 bridgehead atoms. The molecule has 0 atom stereocenters. The molecule has 5 heteroatoms. The van der Waals surface area contributed by atoms with Crippen molar-refractivity contribution in [3.8, 4) is 0 Å². The van der Waals surface area contributed by atoms with E-state index < -0.39 is 23.2 Å². The predicted molar refractivity (Wildman–Crippen MR) is 90.1 cm³/mol. The van der Waals surface area contributed by atoms with Gasteiger partial charge in [-0.05, 0) is 0 Å². The maximum absolute atomic E-state index is 2.59. The third-order valence-corrected chi connectivity index (χ3v) is 60.6. The van der Waals surface area contributed by atoms with Gasteiger partial charge in [-0.2, -0.15) is 0 Å². The van der Waals surface area contributed by atoms with Gasteiger partial charge < -0.3 is 0 Å². The van der Waals surface area contributed by atoms with Crippen LogP contribution >= 0.6 is 24.8 Å². The summed E-state index contributed by atoms with van der Waals surface area (Å²) in [5, 5.41) is -1.04. The molecule has 0 saturated heterocycles. The zero-order valence-corrected chi connectivity index (χ0v) is 17.9. The first kappa shape index (κ1) is 18.9. The number of hydrogen-bond acceptors (Lipinski definition) is 0. The van der Waals surface area contributed by atoms with E-state index >= 15 is 0 Å². The average molecular weight is 398 g/mol. The molecule has 2 rings (SSSR count). The fourth-order valence-electron chi connectivity index (χ4n) is 2.70. The van der Waals surface area contributed by atoms with Gasteiger partial charge >= 0.3 is 106 Å². The van der Waals surface area contributed by atoms with Gasteiger partial charge in [0.05, 0.1) is 0 Å². The van der Waals surface area contributed by atoms with E-state index in [1.165, 1.54) is 12.8 Å². The molecule has 0 saturated carbocycles. The van der Waals surface area contributed by atoms with Crippen LogP contribution in [0.4, 0.5) is 0 Å². The van der Waals surface area contributed by atoms with E-state index in [-0.39, 0.29) is 24.8 Å². The third-order valence-electron chi connectivity index (χ3n) is 3.92. The van der Waals surface area contributed by atoms with E-state index in [1.54, 1.807) is 0 Å². The van der Waals surface area contributed by atoms with Crippen molar-refractivity contribution in [2.24, 2.45) is 0 Å². The van der Waals surface area contributed by atoms with E-state index in [9.17, 15) is 0 Å². The van der Waals surface area contributed by atoms with E-state index in [0.29, 0.717) is 0 Å². The van der Waals surface area contributed by atoms with Gasteiger partial charge in [-0.25, -0.2) is 0 Å². The molecule has 18 heavy (non-hydrogen) atoms. The van der Waals surface area contributed by atoms with Gasteiger partial charge in [0.1, 0.15) is 0 Å². The van der Waals surface area contributed by atoms with Crippen molar-refractivity contribution in [1.82, 2.24) is 0 Å². The average Bonchev–Trinajstić information content (AvgIpc) is 2.88. The molecule has 0 radical (unpaired) electrons. The van der Waals surface area contributed by atoms with Gasteiger partial charge in [0.2, 0.25) is 0 Å². The van der Waals surface area contributed by atoms with Crippen LogP contribution in [0.3, 0.4) is 0 Å². The Labute approximate surface area is 129 Å². The molecule has 101 valence electrons. The van der Waals surface area contributed by atoms with Crippen LogP contribution in [0.2, 0.25) is 19.6 Å². The van der Waals surface area contributed by atoms with Crippen LogP contribution in [0.15, 0.2) is 43.0 Å². The Hall–Kier alpha value is 0.857. The minimum absolute atomic E-state index is 0. The summed E-state index contributed by atoms with van der Waals surface area (Å²) in [4.78, 5) is 0. The molecule has 0 amide bonds. The molecular formula is C13H23Cl2Si2Zr. The van der Waals surface area contributed by atoms with Crippen molar-refractivity contribution in [3.63, 3.8) is 0 Å². The smallest absolute Gasteiger partial charge is 0.147 e.